The SMILES string of the molecule is O=C(Cc1ccc2c(c1)C1(OC2=O)c2ccc(O)cc2Oc2cc(O)ccc21)NCCS(=O)(=O)c1nn2cc(-c3ccccc3)nc2s1. The fourth-order valence-corrected chi connectivity index (χ4v) is 8.43. The van der Waals surface area contributed by atoms with Gasteiger partial charge in [-0.05, 0) is 42.0 Å². The van der Waals surface area contributed by atoms with E-state index in [1.165, 1.54) is 28.8 Å². The number of fused-ring (bicyclic) bond motifs is 7. The highest BCUT2D eigenvalue weighted by Crippen LogP contribution is 2.57. The number of esters is 1. The quantitative estimate of drug-likeness (QED) is 0.203. The van der Waals surface area contributed by atoms with Crippen LogP contribution in [-0.4, -0.2) is 57.4 Å². The van der Waals surface area contributed by atoms with E-state index in [9.17, 15) is 28.2 Å². The van der Waals surface area contributed by atoms with Crippen LogP contribution in [0.25, 0.3) is 16.2 Å². The number of imidazole rings is 1. The molecule has 240 valence electrons. The number of amides is 1. The van der Waals surface area contributed by atoms with Gasteiger partial charge >= 0.3 is 5.97 Å². The van der Waals surface area contributed by atoms with Crippen molar-refractivity contribution in [2.75, 3.05) is 12.3 Å². The summed E-state index contributed by atoms with van der Waals surface area (Å²) in [6, 6.07) is 23.3. The van der Waals surface area contributed by atoms with Crippen molar-refractivity contribution in [1.29, 1.82) is 0 Å². The second-order valence-corrected chi connectivity index (χ2v) is 14.6. The van der Waals surface area contributed by atoms with E-state index in [0.717, 1.165) is 16.9 Å². The highest BCUT2D eigenvalue weighted by Gasteiger charge is 2.53. The molecule has 6 aromatic rings. The first-order valence-electron chi connectivity index (χ1n) is 14.7. The summed E-state index contributed by atoms with van der Waals surface area (Å²) >= 11 is 0.959. The minimum atomic E-state index is -3.80. The maximum absolute atomic E-state index is 13.2. The van der Waals surface area contributed by atoms with Crippen molar-refractivity contribution in [3.8, 4) is 34.3 Å². The normalized spacial score (nSPS) is 14.2. The summed E-state index contributed by atoms with van der Waals surface area (Å²) in [4.78, 5) is 31.1. The number of aromatic hydroxyl groups is 2. The summed E-state index contributed by atoms with van der Waals surface area (Å²) < 4.78 is 39.5. The van der Waals surface area contributed by atoms with Crippen molar-refractivity contribution < 1.29 is 37.7 Å². The summed E-state index contributed by atoms with van der Waals surface area (Å²) in [6.07, 6.45) is 1.57. The minimum Gasteiger partial charge on any atom is -0.508 e. The van der Waals surface area contributed by atoms with Gasteiger partial charge in [0.15, 0.2) is 5.60 Å². The van der Waals surface area contributed by atoms with Gasteiger partial charge in [-0.3, -0.25) is 4.79 Å². The van der Waals surface area contributed by atoms with Crippen LogP contribution in [0.5, 0.6) is 23.0 Å². The summed E-state index contributed by atoms with van der Waals surface area (Å²) in [7, 11) is -3.80. The van der Waals surface area contributed by atoms with Gasteiger partial charge in [0.25, 0.3) is 0 Å². The molecule has 12 nitrogen and oxygen atoms in total. The van der Waals surface area contributed by atoms with Crippen LogP contribution in [0.2, 0.25) is 0 Å². The van der Waals surface area contributed by atoms with Gasteiger partial charge in [0, 0.05) is 40.9 Å². The average molecular weight is 681 g/mol. The number of phenolic OH excluding ortho intramolecular Hbond substituents is 2. The van der Waals surface area contributed by atoms with E-state index >= 15 is 0 Å². The largest absolute Gasteiger partial charge is 0.508 e. The van der Waals surface area contributed by atoms with Crippen LogP contribution in [0.3, 0.4) is 0 Å². The monoisotopic (exact) mass is 680 g/mol. The van der Waals surface area contributed by atoms with Gasteiger partial charge in [0.1, 0.15) is 23.0 Å². The molecule has 0 atom stereocenters. The Kier molecular flexibility index (Phi) is 6.75. The zero-order valence-electron chi connectivity index (χ0n) is 24.8. The first kappa shape index (κ1) is 29.7. The Bertz CT molecular complexity index is 2320. The van der Waals surface area contributed by atoms with Gasteiger partial charge in [-0.25, -0.2) is 22.7 Å². The molecule has 0 unspecified atom stereocenters. The third kappa shape index (κ3) is 4.84. The fraction of sp³-hybridized carbons (Fsp3) is 0.118. The van der Waals surface area contributed by atoms with Crippen molar-refractivity contribution in [1.82, 2.24) is 19.9 Å². The number of benzene rings is 4. The Balaban J connectivity index is 1.00. The molecule has 1 amide bonds. The van der Waals surface area contributed by atoms with Crippen LogP contribution in [0.1, 0.15) is 32.6 Å². The number of ether oxygens (including phenoxy) is 2. The average Bonchev–Trinajstić information content (AvgIpc) is 3.73. The molecule has 0 radical (unpaired) electrons. The van der Waals surface area contributed by atoms with E-state index < -0.39 is 27.3 Å². The molecule has 2 aliphatic rings. The number of phenols is 2. The molecule has 0 saturated carbocycles. The molecule has 3 N–H and O–H groups in total. The number of carbonyl (C=O) groups excluding carboxylic acids is 2. The number of rotatable bonds is 7. The Morgan fingerprint density at radius 1 is 0.917 bits per heavy atom. The maximum atomic E-state index is 13.2. The molecule has 2 aliphatic heterocycles. The standard InChI is InChI=1S/C34H24N4O8S2/c39-21-7-10-24-28(16-21)45-29-17-22(40)8-11-25(29)34(24)26-14-19(6-9-23(26)31(42)46-34)15-30(41)35-12-13-48(43,44)33-37-38-18-27(36-32(38)47-33)20-4-2-1-3-5-20/h1-11,14,16-18,39-40H,12-13,15H2,(H,35,41). The van der Waals surface area contributed by atoms with Gasteiger partial charge in [-0.1, -0.05) is 47.7 Å². The van der Waals surface area contributed by atoms with Gasteiger partial charge < -0.3 is 25.0 Å². The number of hydrogen-bond acceptors (Lipinski definition) is 11. The number of sulfone groups is 1. The van der Waals surface area contributed by atoms with E-state index in [4.69, 9.17) is 9.47 Å². The lowest BCUT2D eigenvalue weighted by atomic mass is 9.77. The van der Waals surface area contributed by atoms with E-state index in [-0.39, 0.29) is 51.6 Å². The summed E-state index contributed by atoms with van der Waals surface area (Å²) in [5, 5.41) is 27.2. The van der Waals surface area contributed by atoms with Gasteiger partial charge in [-0.2, -0.15) is 0 Å². The van der Waals surface area contributed by atoms with Gasteiger partial charge in [-0.15, -0.1) is 5.10 Å². The lowest BCUT2D eigenvalue weighted by Crippen LogP contribution is -2.33. The molecule has 0 saturated heterocycles. The number of carbonyl (C=O) groups is 2. The molecule has 8 rings (SSSR count). The lowest BCUT2D eigenvalue weighted by Gasteiger charge is -2.36. The maximum Gasteiger partial charge on any atom is 0.340 e. The molecular weight excluding hydrogens is 657 g/mol. The van der Waals surface area contributed by atoms with Crippen molar-refractivity contribution in [3.63, 3.8) is 0 Å². The molecule has 4 heterocycles. The van der Waals surface area contributed by atoms with E-state index in [1.807, 2.05) is 30.3 Å². The van der Waals surface area contributed by atoms with E-state index in [1.54, 1.807) is 36.5 Å². The highest BCUT2D eigenvalue weighted by atomic mass is 32.2. The lowest BCUT2D eigenvalue weighted by molar-refractivity contribution is -0.120. The minimum absolute atomic E-state index is 0.0637. The Labute approximate surface area is 276 Å². The summed E-state index contributed by atoms with van der Waals surface area (Å²) in [5.74, 6) is -1.02. The van der Waals surface area contributed by atoms with E-state index in [0.29, 0.717) is 32.9 Å². The molecule has 4 aromatic carbocycles. The number of aromatic nitrogens is 3. The van der Waals surface area contributed by atoms with Gasteiger partial charge in [0.2, 0.25) is 25.0 Å². The predicted molar refractivity (Wildman–Crippen MR) is 173 cm³/mol. The Morgan fingerprint density at radius 2 is 1.62 bits per heavy atom. The van der Waals surface area contributed by atoms with Crippen LogP contribution < -0.4 is 10.1 Å². The predicted octanol–water partition coefficient (Wildman–Crippen LogP) is 4.57. The third-order valence-corrected chi connectivity index (χ3v) is 11.3. The number of nitrogens with one attached hydrogen (secondary N) is 1. The molecule has 0 fully saturated rings. The van der Waals surface area contributed by atoms with Crippen LogP contribution in [0, 0.1) is 0 Å². The van der Waals surface area contributed by atoms with E-state index in [2.05, 4.69) is 15.4 Å². The first-order valence-corrected chi connectivity index (χ1v) is 17.2. The molecule has 0 bridgehead atoms. The molecule has 48 heavy (non-hydrogen) atoms. The molecular formula is C34H24N4O8S2. The Morgan fingerprint density at radius 3 is 2.31 bits per heavy atom. The second-order valence-electron chi connectivity index (χ2n) is 11.3. The third-order valence-electron chi connectivity index (χ3n) is 8.26. The summed E-state index contributed by atoms with van der Waals surface area (Å²) in [6.45, 7) is -0.139. The molecule has 14 heteroatoms. The molecule has 0 aliphatic carbocycles. The van der Waals surface area contributed by atoms with Crippen LogP contribution in [-0.2, 0) is 31.4 Å². The zero-order chi connectivity index (χ0) is 33.2. The first-order chi connectivity index (χ1) is 23.1. The van der Waals surface area contributed by atoms with Crippen molar-refractivity contribution >= 4 is 38.0 Å². The van der Waals surface area contributed by atoms with Gasteiger partial charge in [0.05, 0.1) is 29.6 Å². The topological polar surface area (TPSA) is 169 Å². The van der Waals surface area contributed by atoms with Crippen molar-refractivity contribution in [2.45, 2.75) is 16.4 Å². The fourth-order valence-electron chi connectivity index (χ4n) is 6.07. The highest BCUT2D eigenvalue weighted by molar-refractivity contribution is 7.93. The Hall–Kier alpha value is -5.73. The van der Waals surface area contributed by atoms with Crippen LogP contribution in [0.4, 0.5) is 0 Å². The zero-order valence-corrected chi connectivity index (χ0v) is 26.4. The van der Waals surface area contributed by atoms with Crippen LogP contribution in [0.15, 0.2) is 95.5 Å². The summed E-state index contributed by atoms with van der Waals surface area (Å²) in [5.41, 5.74) is 2.33. The van der Waals surface area contributed by atoms with Crippen molar-refractivity contribution in [3.05, 3.63) is 119 Å². The second kappa shape index (κ2) is 10.9. The van der Waals surface area contributed by atoms with Crippen LogP contribution >= 0.6 is 11.3 Å². The smallest absolute Gasteiger partial charge is 0.340 e. The number of nitrogens with zero attached hydrogens (tertiary/aromatic N) is 3. The number of hydrogen-bond donors (Lipinski definition) is 3. The molecule has 2 aromatic heterocycles. The molecule has 1 spiro atoms. The van der Waals surface area contributed by atoms with Crippen molar-refractivity contribution in [2.24, 2.45) is 0 Å².